The molecule has 0 unspecified atom stereocenters. The predicted molar refractivity (Wildman–Crippen MR) is 105 cm³/mol. The molecule has 2 rings (SSSR count). The molecule has 0 aromatic heterocycles. The minimum Gasteiger partial charge on any atom is -0.512 e. The van der Waals surface area contributed by atoms with Gasteiger partial charge in [0.05, 0.1) is 12.2 Å². The van der Waals surface area contributed by atoms with Gasteiger partial charge in [-0.15, -0.1) is 0 Å². The number of hydrogen-bond donors (Lipinski definition) is 1. The maximum Gasteiger partial charge on any atom is 0.330 e. The van der Waals surface area contributed by atoms with Crippen LogP contribution in [0.25, 0.3) is 0 Å². The van der Waals surface area contributed by atoms with Crippen molar-refractivity contribution < 1.29 is 19.4 Å². The molecule has 0 spiro atoms. The molecule has 1 N–H and O–H groups in total. The maximum absolute atomic E-state index is 11.8. The first-order valence-corrected chi connectivity index (χ1v) is 9.44. The third-order valence-electron chi connectivity index (χ3n) is 4.30. The Balaban J connectivity index is 2.32. The van der Waals surface area contributed by atoms with Gasteiger partial charge in [0.2, 0.25) is 0 Å². The quantitative estimate of drug-likeness (QED) is 0.490. The second-order valence-corrected chi connectivity index (χ2v) is 7.05. The van der Waals surface area contributed by atoms with Crippen molar-refractivity contribution in [2.45, 2.75) is 39.0 Å². The third-order valence-corrected chi connectivity index (χ3v) is 4.83. The fourth-order valence-corrected chi connectivity index (χ4v) is 3.27. The van der Waals surface area contributed by atoms with Gasteiger partial charge in [-0.05, 0) is 50.5 Å². The van der Waals surface area contributed by atoms with Crippen LogP contribution in [0.5, 0.6) is 0 Å². The zero-order chi connectivity index (χ0) is 19.1. The van der Waals surface area contributed by atoms with E-state index in [1.165, 1.54) is 13.0 Å². The first-order valence-electron chi connectivity index (χ1n) is 8.64. The third kappa shape index (κ3) is 5.43. The van der Waals surface area contributed by atoms with Crippen molar-refractivity contribution in [3.05, 3.63) is 69.4 Å². The molecule has 0 heterocycles. The largest absolute Gasteiger partial charge is 0.512 e. The summed E-state index contributed by atoms with van der Waals surface area (Å²) in [6.45, 7) is 3.57. The maximum atomic E-state index is 11.8. The molecule has 0 bridgehead atoms. The second kappa shape index (κ2) is 9.53. The molecule has 4 nitrogen and oxygen atoms in total. The van der Waals surface area contributed by atoms with Crippen LogP contribution >= 0.6 is 15.9 Å². The molecule has 0 saturated heterocycles. The van der Waals surface area contributed by atoms with Gasteiger partial charge in [-0.1, -0.05) is 39.7 Å². The van der Waals surface area contributed by atoms with Gasteiger partial charge in [0.1, 0.15) is 5.76 Å². The first kappa shape index (κ1) is 20.2. The molecule has 1 aromatic carbocycles. The molecule has 1 aromatic rings. The van der Waals surface area contributed by atoms with Crippen LogP contribution in [0, 0.1) is 0 Å². The molecule has 0 radical (unpaired) electrons. The Kier molecular flexibility index (Phi) is 7.39. The highest BCUT2D eigenvalue weighted by molar-refractivity contribution is 9.10. The molecule has 0 saturated carbocycles. The molecule has 26 heavy (non-hydrogen) atoms. The van der Waals surface area contributed by atoms with E-state index in [-0.39, 0.29) is 23.4 Å². The molecule has 138 valence electrons. The van der Waals surface area contributed by atoms with Crippen LogP contribution in [0.4, 0.5) is 0 Å². The van der Waals surface area contributed by atoms with Crippen LogP contribution in [-0.4, -0.2) is 23.5 Å². The van der Waals surface area contributed by atoms with Gasteiger partial charge >= 0.3 is 5.97 Å². The van der Waals surface area contributed by atoms with Crippen LogP contribution in [-0.2, 0) is 14.3 Å². The summed E-state index contributed by atoms with van der Waals surface area (Å²) >= 11 is 3.44. The smallest absolute Gasteiger partial charge is 0.330 e. The molecule has 0 aliphatic heterocycles. The number of hydrogen-bond acceptors (Lipinski definition) is 4. The molecule has 5 heteroatoms. The van der Waals surface area contributed by atoms with Crippen molar-refractivity contribution in [3.63, 3.8) is 0 Å². The van der Waals surface area contributed by atoms with E-state index in [1.54, 1.807) is 19.1 Å². The lowest BCUT2D eigenvalue weighted by Gasteiger charge is -2.24. The van der Waals surface area contributed by atoms with E-state index >= 15 is 0 Å². The first-order chi connectivity index (χ1) is 12.4. The predicted octanol–water partition coefficient (Wildman–Crippen LogP) is 5.16. The average Bonchev–Trinajstić information content (AvgIpc) is 2.60. The minimum atomic E-state index is -0.360. The lowest BCUT2D eigenvalue weighted by atomic mass is 9.81. The SMILES string of the molecule is CCOC(=O)/C=C/C[C@@H](C1=CC(C(C)=O)=C(O)CC1)c1ccc(Br)cc1. The summed E-state index contributed by atoms with van der Waals surface area (Å²) in [4.78, 5) is 23.3. The van der Waals surface area contributed by atoms with E-state index in [1.807, 2.05) is 24.3 Å². The van der Waals surface area contributed by atoms with E-state index in [2.05, 4.69) is 15.9 Å². The summed E-state index contributed by atoms with van der Waals surface area (Å²) in [5, 5.41) is 9.99. The average molecular weight is 419 g/mol. The highest BCUT2D eigenvalue weighted by Gasteiger charge is 2.22. The minimum absolute atomic E-state index is 0.0243. The summed E-state index contributed by atoms with van der Waals surface area (Å²) in [5.74, 6) is -0.327. The van der Waals surface area contributed by atoms with Crippen molar-refractivity contribution in [1.29, 1.82) is 0 Å². The Bertz CT molecular complexity index is 757. The fraction of sp³-hybridized carbons (Fsp3) is 0.333. The Morgan fingerprint density at radius 3 is 2.58 bits per heavy atom. The number of ether oxygens (including phenoxy) is 1. The number of aliphatic hydroxyl groups is 1. The van der Waals surface area contributed by atoms with Crippen molar-refractivity contribution in [2.24, 2.45) is 0 Å². The topological polar surface area (TPSA) is 63.6 Å². The van der Waals surface area contributed by atoms with Gasteiger partial charge in [-0.3, -0.25) is 4.79 Å². The normalized spacial score (nSPS) is 15.7. The fourth-order valence-electron chi connectivity index (χ4n) is 3.01. The number of halogens is 1. The van der Waals surface area contributed by atoms with Crippen LogP contribution in [0.15, 0.2) is 63.9 Å². The molecule has 1 aliphatic carbocycles. The van der Waals surface area contributed by atoms with Gasteiger partial charge < -0.3 is 9.84 Å². The summed E-state index contributed by atoms with van der Waals surface area (Å²) in [6.07, 6.45) is 6.78. The molecule has 0 amide bonds. The number of aliphatic hydroxyl groups excluding tert-OH is 1. The zero-order valence-corrected chi connectivity index (χ0v) is 16.6. The highest BCUT2D eigenvalue weighted by Crippen LogP contribution is 2.36. The van der Waals surface area contributed by atoms with Crippen molar-refractivity contribution in [3.8, 4) is 0 Å². The van der Waals surface area contributed by atoms with Crippen molar-refractivity contribution in [1.82, 2.24) is 0 Å². The number of ketones is 1. The number of allylic oxidation sites excluding steroid dienone is 5. The number of benzene rings is 1. The van der Waals surface area contributed by atoms with Gasteiger partial charge in [0, 0.05) is 22.9 Å². The lowest BCUT2D eigenvalue weighted by molar-refractivity contribution is -0.137. The van der Waals surface area contributed by atoms with Gasteiger partial charge in [-0.25, -0.2) is 4.79 Å². The van der Waals surface area contributed by atoms with Crippen LogP contribution in [0.3, 0.4) is 0 Å². The second-order valence-electron chi connectivity index (χ2n) is 6.13. The van der Waals surface area contributed by atoms with Gasteiger partial charge in [0.25, 0.3) is 0 Å². The number of Topliss-reactive ketones (excluding diaryl/α,β-unsaturated/α-hetero) is 1. The summed E-state index contributed by atoms with van der Waals surface area (Å²) < 4.78 is 5.91. The summed E-state index contributed by atoms with van der Waals surface area (Å²) in [6, 6.07) is 8.00. The van der Waals surface area contributed by atoms with Crippen LogP contribution in [0.2, 0.25) is 0 Å². The monoisotopic (exact) mass is 418 g/mol. The van der Waals surface area contributed by atoms with Gasteiger partial charge in [0.15, 0.2) is 5.78 Å². The Morgan fingerprint density at radius 1 is 1.27 bits per heavy atom. The Morgan fingerprint density at radius 2 is 1.96 bits per heavy atom. The van der Waals surface area contributed by atoms with Crippen LogP contribution < -0.4 is 0 Å². The Hall–Kier alpha value is -2.14. The number of carbonyl (C=O) groups excluding carboxylic acids is 2. The highest BCUT2D eigenvalue weighted by atomic mass is 79.9. The van der Waals surface area contributed by atoms with E-state index in [4.69, 9.17) is 4.74 Å². The van der Waals surface area contributed by atoms with E-state index in [0.717, 1.165) is 15.6 Å². The van der Waals surface area contributed by atoms with Crippen LogP contribution in [0.1, 0.15) is 44.6 Å². The van der Waals surface area contributed by atoms with Gasteiger partial charge in [-0.2, -0.15) is 0 Å². The molecule has 0 fully saturated rings. The van der Waals surface area contributed by atoms with Crippen molar-refractivity contribution in [2.75, 3.05) is 6.61 Å². The molecule has 1 atom stereocenters. The number of carbonyl (C=O) groups is 2. The zero-order valence-electron chi connectivity index (χ0n) is 15.0. The Labute approximate surface area is 162 Å². The van der Waals surface area contributed by atoms with Crippen molar-refractivity contribution >= 4 is 27.7 Å². The summed E-state index contributed by atoms with van der Waals surface area (Å²) in [7, 11) is 0. The number of rotatable bonds is 7. The lowest BCUT2D eigenvalue weighted by Crippen LogP contribution is -2.11. The van der Waals surface area contributed by atoms with E-state index < -0.39 is 0 Å². The standard InChI is InChI=1S/C21H23BrO4/c1-3-26-21(25)6-4-5-18(15-7-10-17(22)11-8-15)16-9-12-20(24)19(13-16)14(2)23/h4,6-8,10-11,13,18,24H,3,5,9,12H2,1-2H3/b6-4+/t18-/m1/s1. The van der Waals surface area contributed by atoms with E-state index in [0.29, 0.717) is 31.4 Å². The molecular weight excluding hydrogens is 396 g/mol. The number of esters is 1. The molecular formula is C21H23BrO4. The van der Waals surface area contributed by atoms with E-state index in [9.17, 15) is 14.7 Å². The summed E-state index contributed by atoms with van der Waals surface area (Å²) in [5.41, 5.74) is 2.55. The molecule has 1 aliphatic rings.